The normalized spacial score (nSPS) is 18.1. The number of carboxylic acid groups (broad SMARTS) is 2. The molecule has 0 aromatic heterocycles. The molecular formula is C35H60N3O12+. The molecule has 1 rings (SSSR count). The number of nitrogens with one attached hydrogen (secondary N) is 2. The van der Waals surface area contributed by atoms with Crippen LogP contribution >= 0.6 is 0 Å². The fourth-order valence-corrected chi connectivity index (χ4v) is 5.54. The van der Waals surface area contributed by atoms with Gasteiger partial charge in [0.15, 0.2) is 0 Å². The van der Waals surface area contributed by atoms with E-state index in [0.717, 1.165) is 0 Å². The number of nitrogens with zero attached hydrogens (tertiary/aromatic N) is 1. The Labute approximate surface area is 296 Å². The van der Waals surface area contributed by atoms with Crippen molar-refractivity contribution >= 4 is 29.8 Å². The van der Waals surface area contributed by atoms with Crippen molar-refractivity contribution in [2.75, 3.05) is 72.5 Å². The Morgan fingerprint density at radius 3 is 1.54 bits per heavy atom. The lowest BCUT2D eigenvalue weighted by Crippen LogP contribution is -2.55. The van der Waals surface area contributed by atoms with Crippen LogP contribution in [-0.2, 0) is 42.9 Å². The SMILES string of the molecule is C#CCOCCOCCOCCOCCC[N+]1(C(=O)OC(C)(C)C)C[C@@H](C(=O)N[C@@H](CCCC)C(=O)O)[C@H](C(=O)N[C@@H](CCCC)C(=O)O)C1. The van der Waals surface area contributed by atoms with Crippen LogP contribution in [0.5, 0.6) is 0 Å². The summed E-state index contributed by atoms with van der Waals surface area (Å²) in [6, 6.07) is -2.36. The van der Waals surface area contributed by atoms with Crippen molar-refractivity contribution in [2.24, 2.45) is 11.8 Å². The van der Waals surface area contributed by atoms with Crippen molar-refractivity contribution in [3.05, 3.63) is 0 Å². The molecule has 1 saturated heterocycles. The predicted molar refractivity (Wildman–Crippen MR) is 183 cm³/mol. The number of carbonyl (C=O) groups excluding carboxylic acids is 3. The molecule has 0 spiro atoms. The first-order valence-electron chi connectivity index (χ1n) is 17.6. The summed E-state index contributed by atoms with van der Waals surface area (Å²) in [5, 5.41) is 24.7. The van der Waals surface area contributed by atoms with E-state index in [1.165, 1.54) is 0 Å². The van der Waals surface area contributed by atoms with Crippen LogP contribution in [0.3, 0.4) is 0 Å². The Bertz CT molecular complexity index is 1060. The average Bonchev–Trinajstić information content (AvgIpc) is 3.45. The van der Waals surface area contributed by atoms with Crippen LogP contribution in [0.2, 0.25) is 0 Å². The lowest BCUT2D eigenvalue weighted by atomic mass is 9.93. The summed E-state index contributed by atoms with van der Waals surface area (Å²) in [4.78, 5) is 65.2. The number of terminal acetylenes is 1. The molecule has 4 N–H and O–H groups in total. The monoisotopic (exact) mass is 714 g/mol. The van der Waals surface area contributed by atoms with Gasteiger partial charge in [-0.2, -0.15) is 4.79 Å². The Hall–Kier alpha value is -3.29. The molecule has 4 atom stereocenters. The number of hydrogen-bond donors (Lipinski definition) is 4. The van der Waals surface area contributed by atoms with Gasteiger partial charge < -0.3 is 44.5 Å². The summed E-state index contributed by atoms with van der Waals surface area (Å²) in [6.07, 6.45) is 7.78. The summed E-state index contributed by atoms with van der Waals surface area (Å²) in [5.74, 6) is -3.64. The molecule has 0 aromatic carbocycles. The Morgan fingerprint density at radius 2 is 1.16 bits per heavy atom. The van der Waals surface area contributed by atoms with E-state index < -0.39 is 63.8 Å². The van der Waals surface area contributed by atoms with Gasteiger partial charge in [0.05, 0.1) is 52.8 Å². The molecule has 50 heavy (non-hydrogen) atoms. The zero-order valence-electron chi connectivity index (χ0n) is 30.5. The number of amides is 3. The minimum Gasteiger partial charge on any atom is -0.480 e. The van der Waals surface area contributed by atoms with Gasteiger partial charge in [0.2, 0.25) is 11.8 Å². The van der Waals surface area contributed by atoms with E-state index in [4.69, 9.17) is 30.1 Å². The van der Waals surface area contributed by atoms with Gasteiger partial charge in [0.25, 0.3) is 0 Å². The van der Waals surface area contributed by atoms with Crippen LogP contribution in [0.1, 0.15) is 79.6 Å². The van der Waals surface area contributed by atoms with Gasteiger partial charge in [-0.3, -0.25) is 9.59 Å². The minimum absolute atomic E-state index is 0.136. The predicted octanol–water partition coefficient (Wildman–Crippen LogP) is 2.59. The fraction of sp³-hybridized carbons (Fsp3) is 0.800. The maximum Gasteiger partial charge on any atom is 0.516 e. The third-order valence-electron chi connectivity index (χ3n) is 8.13. The second kappa shape index (κ2) is 24.0. The molecule has 1 heterocycles. The maximum atomic E-state index is 13.8. The molecule has 0 saturated carbocycles. The van der Waals surface area contributed by atoms with Gasteiger partial charge in [-0.1, -0.05) is 45.5 Å². The van der Waals surface area contributed by atoms with E-state index >= 15 is 0 Å². The first-order valence-corrected chi connectivity index (χ1v) is 17.6. The van der Waals surface area contributed by atoms with Crippen molar-refractivity contribution < 1.29 is 62.4 Å². The molecule has 15 nitrogen and oxygen atoms in total. The van der Waals surface area contributed by atoms with Crippen LogP contribution in [0, 0.1) is 24.2 Å². The van der Waals surface area contributed by atoms with Crippen molar-refractivity contribution in [1.29, 1.82) is 0 Å². The number of quaternary nitrogens is 1. The zero-order valence-corrected chi connectivity index (χ0v) is 30.5. The largest absolute Gasteiger partial charge is 0.516 e. The third-order valence-corrected chi connectivity index (χ3v) is 8.13. The number of hydrogen-bond acceptors (Lipinski definition) is 10. The Balaban J connectivity index is 3.07. The van der Waals surface area contributed by atoms with Crippen molar-refractivity contribution in [3.63, 3.8) is 0 Å². The number of unbranched alkanes of at least 4 members (excludes halogenated alkanes) is 2. The fourth-order valence-electron chi connectivity index (χ4n) is 5.54. The third kappa shape index (κ3) is 17.1. The highest BCUT2D eigenvalue weighted by Crippen LogP contribution is 2.34. The van der Waals surface area contributed by atoms with Crippen molar-refractivity contribution in [3.8, 4) is 12.3 Å². The molecule has 0 aliphatic carbocycles. The quantitative estimate of drug-likeness (QED) is 0.0582. The minimum atomic E-state index is -1.21. The van der Waals surface area contributed by atoms with Gasteiger partial charge in [-0.15, -0.1) is 6.42 Å². The second-order valence-electron chi connectivity index (χ2n) is 13.5. The molecule has 1 fully saturated rings. The van der Waals surface area contributed by atoms with Gasteiger partial charge >= 0.3 is 18.0 Å². The number of carboxylic acids is 2. The molecule has 0 unspecified atom stereocenters. The van der Waals surface area contributed by atoms with Gasteiger partial charge in [-0.05, 0) is 33.6 Å². The van der Waals surface area contributed by atoms with E-state index in [-0.39, 0.29) is 52.3 Å². The number of ether oxygens (including phenoxy) is 5. The first-order chi connectivity index (χ1) is 23.7. The van der Waals surface area contributed by atoms with E-state index in [1.807, 2.05) is 13.8 Å². The number of rotatable bonds is 26. The van der Waals surface area contributed by atoms with Crippen LogP contribution in [0.4, 0.5) is 4.79 Å². The van der Waals surface area contributed by atoms with Gasteiger partial charge in [-0.25, -0.2) is 14.1 Å². The van der Waals surface area contributed by atoms with Crippen LogP contribution in [0.15, 0.2) is 0 Å². The Kier molecular flexibility index (Phi) is 21.5. The van der Waals surface area contributed by atoms with Crippen LogP contribution in [0.25, 0.3) is 0 Å². The first kappa shape index (κ1) is 44.7. The number of aliphatic carboxylic acids is 2. The summed E-state index contributed by atoms with van der Waals surface area (Å²) < 4.78 is 27.1. The average molecular weight is 715 g/mol. The lowest BCUT2D eigenvalue weighted by molar-refractivity contribution is -0.848. The molecule has 15 heteroatoms. The highest BCUT2D eigenvalue weighted by Gasteiger charge is 2.57. The molecule has 286 valence electrons. The highest BCUT2D eigenvalue weighted by molar-refractivity contribution is 5.92. The van der Waals surface area contributed by atoms with E-state index in [9.17, 15) is 34.2 Å². The maximum absolute atomic E-state index is 13.8. The molecular weight excluding hydrogens is 654 g/mol. The number of likely N-dealkylation sites (tertiary alicyclic amines) is 1. The smallest absolute Gasteiger partial charge is 0.480 e. The second-order valence-corrected chi connectivity index (χ2v) is 13.5. The van der Waals surface area contributed by atoms with Crippen LogP contribution in [-0.4, -0.2) is 135 Å². The van der Waals surface area contributed by atoms with Gasteiger partial charge in [0, 0.05) is 6.42 Å². The standard InChI is InChI=1S/C35H59N3O12/c1-7-10-13-28(32(41)42)36-30(39)26-24-38(34(45)50-35(4,5)6,25-27(26)31(40)37-29(33(43)44)14-11-8-2)15-12-17-47-19-21-49-23-22-48-20-18-46-16-9-3/h3,26-29H,7-8,10-25H2,1-2,4-6H3,(H3-,36,37,39,40,41,42,43,44)/p+1/t26-,27-,28+,29+/m1/s1. The highest BCUT2D eigenvalue weighted by atomic mass is 16.6. The van der Waals surface area contributed by atoms with E-state index in [2.05, 4.69) is 16.6 Å². The lowest BCUT2D eigenvalue weighted by Gasteiger charge is -2.33. The van der Waals surface area contributed by atoms with Crippen molar-refractivity contribution in [1.82, 2.24) is 10.6 Å². The summed E-state index contributed by atoms with van der Waals surface area (Å²) in [7, 11) is 0. The molecule has 3 amide bonds. The molecule has 1 aliphatic heterocycles. The number of carbonyl (C=O) groups is 5. The van der Waals surface area contributed by atoms with Gasteiger partial charge in [0.1, 0.15) is 49.2 Å². The summed E-state index contributed by atoms with van der Waals surface area (Å²) in [6.45, 7) is 11.5. The van der Waals surface area contributed by atoms with Crippen molar-refractivity contribution in [2.45, 2.75) is 97.2 Å². The molecule has 0 aromatic rings. The summed E-state index contributed by atoms with van der Waals surface area (Å²) >= 11 is 0. The topological polar surface area (TPSA) is 196 Å². The molecule has 0 radical (unpaired) electrons. The zero-order chi connectivity index (χ0) is 37.6. The van der Waals surface area contributed by atoms with E-state index in [1.54, 1.807) is 20.8 Å². The van der Waals surface area contributed by atoms with E-state index in [0.29, 0.717) is 65.1 Å². The molecule has 0 bridgehead atoms. The molecule has 1 aliphatic rings. The Morgan fingerprint density at radius 1 is 0.740 bits per heavy atom. The summed E-state index contributed by atoms with van der Waals surface area (Å²) in [5.41, 5.74) is -0.879. The van der Waals surface area contributed by atoms with Crippen LogP contribution < -0.4 is 10.6 Å².